The second-order valence-electron chi connectivity index (χ2n) is 5.86. The molecule has 0 atom stereocenters. The largest absolute Gasteiger partial charge is 0.366 e. The molecule has 1 aliphatic carbocycles. The quantitative estimate of drug-likeness (QED) is 0.805. The van der Waals surface area contributed by atoms with Crippen molar-refractivity contribution in [2.45, 2.75) is 25.2 Å². The van der Waals surface area contributed by atoms with Crippen LogP contribution in [0.2, 0.25) is 0 Å². The first-order chi connectivity index (χ1) is 10.6. The number of hydrogen-bond donors (Lipinski definition) is 1. The number of hydrogen-bond acceptors (Lipinski definition) is 4. The van der Waals surface area contributed by atoms with Gasteiger partial charge in [-0.3, -0.25) is 9.78 Å². The maximum atomic E-state index is 11.6. The van der Waals surface area contributed by atoms with E-state index in [1.165, 1.54) is 0 Å². The zero-order valence-electron chi connectivity index (χ0n) is 12.2. The van der Waals surface area contributed by atoms with Gasteiger partial charge in [-0.2, -0.15) is 0 Å². The first kappa shape index (κ1) is 13.0. The lowest BCUT2D eigenvalue weighted by molar-refractivity contribution is 0.100. The van der Waals surface area contributed by atoms with Gasteiger partial charge in [0.15, 0.2) is 0 Å². The maximum Gasteiger partial charge on any atom is 0.249 e. The number of benzene rings is 1. The second-order valence-corrected chi connectivity index (χ2v) is 5.86. The molecule has 1 fully saturated rings. The molecule has 2 heterocycles. The van der Waals surface area contributed by atoms with E-state index in [2.05, 4.69) is 16.2 Å². The van der Waals surface area contributed by atoms with Gasteiger partial charge in [-0.15, -0.1) is 0 Å². The Morgan fingerprint density at radius 3 is 2.73 bits per heavy atom. The predicted octanol–water partition coefficient (Wildman–Crippen LogP) is 2.71. The number of fused-ring (bicyclic) bond motifs is 1. The van der Waals surface area contributed by atoms with Crippen molar-refractivity contribution in [3.05, 3.63) is 59.1 Å². The molecule has 1 aliphatic rings. The van der Waals surface area contributed by atoms with E-state index in [-0.39, 0.29) is 5.41 Å². The summed E-state index contributed by atoms with van der Waals surface area (Å²) in [5.41, 5.74) is 8.73. The fourth-order valence-corrected chi connectivity index (χ4v) is 3.07. The summed E-state index contributed by atoms with van der Waals surface area (Å²) in [6.45, 7) is 1.89. The van der Waals surface area contributed by atoms with E-state index < -0.39 is 5.91 Å². The first-order valence-corrected chi connectivity index (χ1v) is 7.23. The Kier molecular flexibility index (Phi) is 2.60. The number of carbonyl (C=O) groups excluding carboxylic acids is 1. The van der Waals surface area contributed by atoms with E-state index in [4.69, 9.17) is 10.3 Å². The Bertz CT molecular complexity index is 894. The zero-order valence-corrected chi connectivity index (χ0v) is 12.2. The second kappa shape index (κ2) is 4.40. The fourth-order valence-electron chi connectivity index (χ4n) is 3.07. The molecule has 1 amide bonds. The minimum Gasteiger partial charge on any atom is -0.366 e. The molecule has 0 radical (unpaired) electrons. The molecule has 4 rings (SSSR count). The van der Waals surface area contributed by atoms with E-state index in [1.54, 1.807) is 12.3 Å². The fraction of sp³-hybridized carbons (Fsp3) is 0.235. The standard InChI is InChI=1S/C17H15N3O2/c1-10-8-15(20-22-10)17(5-6-17)11-2-3-14-13(9-11)12(16(18)21)4-7-19-14/h2-4,7-9H,5-6H2,1H3,(H2,18,21). The highest BCUT2D eigenvalue weighted by atomic mass is 16.5. The van der Waals surface area contributed by atoms with E-state index in [9.17, 15) is 4.79 Å². The van der Waals surface area contributed by atoms with Gasteiger partial charge in [0.1, 0.15) is 5.76 Å². The summed E-state index contributed by atoms with van der Waals surface area (Å²) < 4.78 is 5.23. The summed E-state index contributed by atoms with van der Waals surface area (Å²) in [6.07, 6.45) is 3.66. The van der Waals surface area contributed by atoms with Crippen LogP contribution in [0.15, 0.2) is 41.1 Å². The summed E-state index contributed by atoms with van der Waals surface area (Å²) in [6, 6.07) is 9.64. The van der Waals surface area contributed by atoms with Crippen molar-refractivity contribution in [1.82, 2.24) is 10.1 Å². The molecule has 2 N–H and O–H groups in total. The van der Waals surface area contributed by atoms with Crippen LogP contribution in [0, 0.1) is 6.92 Å². The van der Waals surface area contributed by atoms with Gasteiger partial charge in [-0.1, -0.05) is 11.2 Å². The van der Waals surface area contributed by atoms with Crippen LogP contribution in [0.1, 0.15) is 40.2 Å². The van der Waals surface area contributed by atoms with Crippen molar-refractivity contribution < 1.29 is 9.32 Å². The van der Waals surface area contributed by atoms with Crippen LogP contribution in [-0.2, 0) is 5.41 Å². The van der Waals surface area contributed by atoms with Crippen LogP contribution in [0.3, 0.4) is 0 Å². The molecule has 0 saturated heterocycles. The van der Waals surface area contributed by atoms with Crippen molar-refractivity contribution in [2.24, 2.45) is 5.73 Å². The number of pyridine rings is 1. The molecule has 1 saturated carbocycles. The SMILES string of the molecule is Cc1cc(C2(c3ccc4nccc(C(N)=O)c4c3)CC2)no1. The van der Waals surface area contributed by atoms with Crippen molar-refractivity contribution in [2.75, 3.05) is 0 Å². The van der Waals surface area contributed by atoms with E-state index >= 15 is 0 Å². The summed E-state index contributed by atoms with van der Waals surface area (Å²) in [5.74, 6) is 0.369. The van der Waals surface area contributed by atoms with E-state index in [1.807, 2.05) is 25.1 Å². The highest BCUT2D eigenvalue weighted by molar-refractivity contribution is 6.05. The summed E-state index contributed by atoms with van der Waals surface area (Å²) in [7, 11) is 0. The number of carbonyl (C=O) groups is 1. The van der Waals surface area contributed by atoms with Gasteiger partial charge in [0.2, 0.25) is 5.91 Å². The molecule has 22 heavy (non-hydrogen) atoms. The number of nitrogens with two attached hydrogens (primary N) is 1. The molecule has 110 valence electrons. The van der Waals surface area contributed by atoms with Gasteiger partial charge in [0, 0.05) is 23.1 Å². The highest BCUT2D eigenvalue weighted by Gasteiger charge is 2.48. The number of rotatable bonds is 3. The Morgan fingerprint density at radius 1 is 1.27 bits per heavy atom. The van der Waals surface area contributed by atoms with Gasteiger partial charge >= 0.3 is 0 Å². The Balaban J connectivity index is 1.90. The zero-order chi connectivity index (χ0) is 15.3. The smallest absolute Gasteiger partial charge is 0.249 e. The van der Waals surface area contributed by atoms with Crippen molar-refractivity contribution in [3.63, 3.8) is 0 Å². The number of aryl methyl sites for hydroxylation is 1. The predicted molar refractivity (Wildman–Crippen MR) is 81.5 cm³/mol. The third-order valence-corrected chi connectivity index (χ3v) is 4.43. The van der Waals surface area contributed by atoms with Crippen LogP contribution in [-0.4, -0.2) is 16.0 Å². The van der Waals surface area contributed by atoms with Crippen molar-refractivity contribution in [1.29, 1.82) is 0 Å². The average molecular weight is 293 g/mol. The molecular formula is C17H15N3O2. The minimum atomic E-state index is -0.438. The van der Waals surface area contributed by atoms with Gasteiger partial charge in [0.05, 0.1) is 16.8 Å². The highest BCUT2D eigenvalue weighted by Crippen LogP contribution is 2.53. The first-order valence-electron chi connectivity index (χ1n) is 7.23. The van der Waals surface area contributed by atoms with Crippen LogP contribution in [0.4, 0.5) is 0 Å². The summed E-state index contributed by atoms with van der Waals surface area (Å²) >= 11 is 0. The Morgan fingerprint density at radius 2 is 2.09 bits per heavy atom. The number of aromatic nitrogens is 2. The van der Waals surface area contributed by atoms with Crippen LogP contribution in [0.5, 0.6) is 0 Å². The lowest BCUT2D eigenvalue weighted by Gasteiger charge is -2.14. The van der Waals surface area contributed by atoms with E-state index in [0.29, 0.717) is 5.56 Å². The number of nitrogens with zero attached hydrogens (tertiary/aromatic N) is 2. The van der Waals surface area contributed by atoms with Gasteiger partial charge in [0.25, 0.3) is 0 Å². The van der Waals surface area contributed by atoms with Crippen LogP contribution >= 0.6 is 0 Å². The molecule has 0 spiro atoms. The van der Waals surface area contributed by atoms with Gasteiger partial charge < -0.3 is 10.3 Å². The molecule has 3 aromatic rings. The third kappa shape index (κ3) is 1.82. The van der Waals surface area contributed by atoms with Gasteiger partial charge in [-0.05, 0) is 43.5 Å². The Labute approximate surface area is 127 Å². The molecule has 1 aromatic carbocycles. The molecule has 5 heteroatoms. The third-order valence-electron chi connectivity index (χ3n) is 4.43. The monoisotopic (exact) mass is 293 g/mol. The van der Waals surface area contributed by atoms with Crippen molar-refractivity contribution >= 4 is 16.8 Å². The molecule has 0 bridgehead atoms. The molecular weight excluding hydrogens is 278 g/mol. The molecule has 5 nitrogen and oxygen atoms in total. The normalized spacial score (nSPS) is 15.9. The van der Waals surface area contributed by atoms with E-state index in [0.717, 1.165) is 40.8 Å². The average Bonchev–Trinajstić information content (AvgIpc) is 3.22. The minimum absolute atomic E-state index is 0.100. The van der Waals surface area contributed by atoms with Crippen LogP contribution in [0.25, 0.3) is 10.9 Å². The maximum absolute atomic E-state index is 11.6. The molecule has 0 aliphatic heterocycles. The molecule has 2 aromatic heterocycles. The molecule has 0 unspecified atom stereocenters. The number of primary amides is 1. The van der Waals surface area contributed by atoms with Crippen molar-refractivity contribution in [3.8, 4) is 0 Å². The number of amides is 1. The van der Waals surface area contributed by atoms with Crippen LogP contribution < -0.4 is 5.73 Å². The van der Waals surface area contributed by atoms with Gasteiger partial charge in [-0.25, -0.2) is 0 Å². The summed E-state index contributed by atoms with van der Waals surface area (Å²) in [4.78, 5) is 15.9. The summed E-state index contributed by atoms with van der Waals surface area (Å²) in [5, 5.41) is 4.97. The topological polar surface area (TPSA) is 82.0 Å². The lowest BCUT2D eigenvalue weighted by atomic mass is 9.90. The Hall–Kier alpha value is -2.69. The lowest BCUT2D eigenvalue weighted by Crippen LogP contribution is -2.13.